The molecule has 1 aliphatic carbocycles. The molecule has 0 heterocycles. The van der Waals surface area contributed by atoms with E-state index in [0.29, 0.717) is 6.61 Å². The van der Waals surface area contributed by atoms with Gasteiger partial charge in [0, 0.05) is 0 Å². The lowest BCUT2D eigenvalue weighted by Gasteiger charge is -2.26. The number of hydrogen-bond donors (Lipinski definition) is 1. The highest BCUT2D eigenvalue weighted by Gasteiger charge is 2.19. The second-order valence-electron chi connectivity index (χ2n) is 5.01. The predicted molar refractivity (Wildman–Crippen MR) is 65.8 cm³/mol. The lowest BCUT2D eigenvalue weighted by Crippen LogP contribution is -2.10. The van der Waals surface area contributed by atoms with Crippen LogP contribution in [0.15, 0.2) is 24.3 Å². The zero-order chi connectivity index (χ0) is 11.4. The molecule has 16 heavy (non-hydrogen) atoms. The Morgan fingerprint density at radius 1 is 1.12 bits per heavy atom. The van der Waals surface area contributed by atoms with Crippen molar-refractivity contribution in [1.29, 1.82) is 0 Å². The first-order chi connectivity index (χ1) is 7.79. The Bertz CT molecular complexity index is 312. The maximum absolute atomic E-state index is 5.06. The number of benzene rings is 1. The molecule has 0 aromatic heterocycles. The highest BCUT2D eigenvalue weighted by molar-refractivity contribution is 5.25. The van der Waals surface area contributed by atoms with Crippen molar-refractivity contribution in [3.63, 3.8) is 0 Å². The summed E-state index contributed by atoms with van der Waals surface area (Å²) in [5, 5.41) is 0. The van der Waals surface area contributed by atoms with Gasteiger partial charge < -0.3 is 0 Å². The van der Waals surface area contributed by atoms with Crippen molar-refractivity contribution in [2.45, 2.75) is 45.1 Å². The Hall–Kier alpha value is -0.860. The monoisotopic (exact) mass is 219 g/mol. The van der Waals surface area contributed by atoms with Gasteiger partial charge in [0.25, 0.3) is 0 Å². The van der Waals surface area contributed by atoms with Crippen molar-refractivity contribution in [2.24, 2.45) is 11.8 Å². The number of nitrogens with two attached hydrogens (primary N) is 1. The first-order valence-electron chi connectivity index (χ1n) is 6.20. The summed E-state index contributed by atoms with van der Waals surface area (Å²) in [5.41, 5.74) is 2.63. The van der Waals surface area contributed by atoms with Gasteiger partial charge in [0.2, 0.25) is 0 Å². The van der Waals surface area contributed by atoms with Crippen LogP contribution in [-0.2, 0) is 11.4 Å². The van der Waals surface area contributed by atoms with Crippen LogP contribution in [0.5, 0.6) is 0 Å². The fraction of sp³-hybridized carbons (Fsp3) is 0.571. The first kappa shape index (κ1) is 11.6. The summed E-state index contributed by atoms with van der Waals surface area (Å²) < 4.78 is 0. The van der Waals surface area contributed by atoms with E-state index in [4.69, 9.17) is 5.90 Å². The second kappa shape index (κ2) is 5.46. The maximum Gasteiger partial charge on any atom is 0.0930 e. The van der Waals surface area contributed by atoms with Gasteiger partial charge in [0.05, 0.1) is 6.61 Å². The van der Waals surface area contributed by atoms with E-state index in [1.807, 2.05) is 0 Å². The molecule has 1 aliphatic rings. The smallest absolute Gasteiger partial charge is 0.0930 e. The normalized spacial score (nSPS) is 25.6. The van der Waals surface area contributed by atoms with Crippen molar-refractivity contribution in [2.75, 3.05) is 0 Å². The van der Waals surface area contributed by atoms with Gasteiger partial charge in [-0.15, -0.1) is 0 Å². The Kier molecular flexibility index (Phi) is 3.97. The Labute approximate surface area is 97.8 Å². The van der Waals surface area contributed by atoms with Crippen molar-refractivity contribution in [3.8, 4) is 0 Å². The molecular weight excluding hydrogens is 198 g/mol. The van der Waals surface area contributed by atoms with Crippen LogP contribution < -0.4 is 5.90 Å². The molecule has 0 amide bonds. The van der Waals surface area contributed by atoms with Crippen LogP contribution in [0.1, 0.15) is 49.7 Å². The zero-order valence-electron chi connectivity index (χ0n) is 9.99. The molecule has 2 rings (SSSR count). The van der Waals surface area contributed by atoms with Crippen LogP contribution in [0.4, 0.5) is 0 Å². The van der Waals surface area contributed by atoms with Gasteiger partial charge >= 0.3 is 0 Å². The zero-order valence-corrected chi connectivity index (χ0v) is 9.99. The summed E-state index contributed by atoms with van der Waals surface area (Å²) >= 11 is 0. The summed E-state index contributed by atoms with van der Waals surface area (Å²) in [5.74, 6) is 6.74. The molecule has 0 bridgehead atoms. The Morgan fingerprint density at radius 3 is 2.31 bits per heavy atom. The van der Waals surface area contributed by atoms with Crippen molar-refractivity contribution >= 4 is 0 Å². The van der Waals surface area contributed by atoms with Gasteiger partial charge in [-0.25, -0.2) is 5.90 Å². The molecule has 0 spiro atoms. The van der Waals surface area contributed by atoms with E-state index in [1.165, 1.54) is 31.2 Å². The standard InChI is InChI=1S/C14H21NO/c1-11-2-6-13(7-3-11)14-8-4-12(5-9-14)10-16-15/h4-5,8-9,11,13H,2-3,6-7,10,15H2,1H3. The minimum Gasteiger partial charge on any atom is -0.300 e. The van der Waals surface area contributed by atoms with Crippen molar-refractivity contribution < 1.29 is 4.84 Å². The summed E-state index contributed by atoms with van der Waals surface area (Å²) in [4.78, 5) is 4.63. The van der Waals surface area contributed by atoms with E-state index in [9.17, 15) is 0 Å². The van der Waals surface area contributed by atoms with Crippen LogP contribution in [0, 0.1) is 5.92 Å². The molecule has 0 aliphatic heterocycles. The predicted octanol–water partition coefficient (Wildman–Crippen LogP) is 3.37. The van der Waals surface area contributed by atoms with Crippen LogP contribution in [-0.4, -0.2) is 0 Å². The van der Waals surface area contributed by atoms with E-state index in [-0.39, 0.29) is 0 Å². The van der Waals surface area contributed by atoms with Gasteiger partial charge in [-0.05, 0) is 35.8 Å². The van der Waals surface area contributed by atoms with Gasteiger partial charge in [-0.1, -0.05) is 44.0 Å². The molecule has 2 N–H and O–H groups in total. The van der Waals surface area contributed by atoms with E-state index in [0.717, 1.165) is 17.4 Å². The lowest BCUT2D eigenvalue weighted by molar-refractivity contribution is 0.124. The third-order valence-corrected chi connectivity index (χ3v) is 3.72. The van der Waals surface area contributed by atoms with Crippen molar-refractivity contribution in [3.05, 3.63) is 35.4 Å². The van der Waals surface area contributed by atoms with Crippen molar-refractivity contribution in [1.82, 2.24) is 0 Å². The number of hydrogen-bond acceptors (Lipinski definition) is 2. The molecule has 0 unspecified atom stereocenters. The first-order valence-corrected chi connectivity index (χ1v) is 6.20. The number of rotatable bonds is 3. The van der Waals surface area contributed by atoms with Crippen LogP contribution >= 0.6 is 0 Å². The average molecular weight is 219 g/mol. The summed E-state index contributed by atoms with van der Waals surface area (Å²) in [6.07, 6.45) is 5.43. The Morgan fingerprint density at radius 2 is 1.75 bits per heavy atom. The third-order valence-electron chi connectivity index (χ3n) is 3.72. The second-order valence-corrected chi connectivity index (χ2v) is 5.01. The quantitative estimate of drug-likeness (QED) is 0.791. The molecule has 1 fully saturated rings. The van der Waals surface area contributed by atoms with Crippen LogP contribution in [0.3, 0.4) is 0 Å². The fourth-order valence-electron chi connectivity index (χ4n) is 2.58. The molecule has 0 atom stereocenters. The largest absolute Gasteiger partial charge is 0.300 e. The van der Waals surface area contributed by atoms with Crippen LogP contribution in [0.2, 0.25) is 0 Å². The SMILES string of the molecule is CC1CCC(c2ccc(CON)cc2)CC1. The molecule has 2 nitrogen and oxygen atoms in total. The summed E-state index contributed by atoms with van der Waals surface area (Å²) in [7, 11) is 0. The van der Waals surface area contributed by atoms with E-state index < -0.39 is 0 Å². The highest BCUT2D eigenvalue weighted by Crippen LogP contribution is 2.35. The van der Waals surface area contributed by atoms with Gasteiger partial charge in [0.15, 0.2) is 0 Å². The van der Waals surface area contributed by atoms with Gasteiger partial charge in [-0.2, -0.15) is 0 Å². The van der Waals surface area contributed by atoms with Crippen LogP contribution in [0.25, 0.3) is 0 Å². The van der Waals surface area contributed by atoms with E-state index in [1.54, 1.807) is 0 Å². The molecule has 0 saturated heterocycles. The molecule has 1 aromatic carbocycles. The lowest BCUT2D eigenvalue weighted by atomic mass is 9.79. The highest BCUT2D eigenvalue weighted by atomic mass is 16.6. The third kappa shape index (κ3) is 2.83. The van der Waals surface area contributed by atoms with E-state index >= 15 is 0 Å². The Balaban J connectivity index is 1.98. The summed E-state index contributed by atoms with van der Waals surface area (Å²) in [6, 6.07) is 8.71. The summed E-state index contributed by atoms with van der Waals surface area (Å²) in [6.45, 7) is 2.86. The molecule has 2 heteroatoms. The van der Waals surface area contributed by atoms with Gasteiger partial charge in [0.1, 0.15) is 0 Å². The maximum atomic E-state index is 5.06. The topological polar surface area (TPSA) is 35.2 Å². The minimum absolute atomic E-state index is 0.502. The van der Waals surface area contributed by atoms with E-state index in [2.05, 4.69) is 36.0 Å². The molecule has 0 radical (unpaired) electrons. The van der Waals surface area contributed by atoms with Gasteiger partial charge in [-0.3, -0.25) is 4.84 Å². The minimum atomic E-state index is 0.502. The molecule has 1 aromatic rings. The molecule has 1 saturated carbocycles. The average Bonchev–Trinajstić information content (AvgIpc) is 2.32. The fourth-order valence-corrected chi connectivity index (χ4v) is 2.58. The molecular formula is C14H21NO. The molecule has 88 valence electrons.